The van der Waals surface area contributed by atoms with Crippen LogP contribution in [0.2, 0.25) is 0 Å². The summed E-state index contributed by atoms with van der Waals surface area (Å²) in [5, 5.41) is 2.92. The van der Waals surface area contributed by atoms with Gasteiger partial charge in [0.1, 0.15) is 0 Å². The van der Waals surface area contributed by atoms with Crippen LogP contribution in [0.15, 0.2) is 59.5 Å². The van der Waals surface area contributed by atoms with Crippen LogP contribution in [0, 0.1) is 0 Å². The van der Waals surface area contributed by atoms with Gasteiger partial charge in [0.2, 0.25) is 10.0 Å². The Hall–Kier alpha value is -2.22. The van der Waals surface area contributed by atoms with Gasteiger partial charge >= 0.3 is 0 Å². The number of carbonyl (C=O) groups excluding carboxylic acids is 1. The van der Waals surface area contributed by atoms with Crippen molar-refractivity contribution in [3.8, 4) is 0 Å². The van der Waals surface area contributed by atoms with Gasteiger partial charge < -0.3 is 10.2 Å². The van der Waals surface area contributed by atoms with E-state index in [2.05, 4.69) is 10.2 Å². The van der Waals surface area contributed by atoms with Gasteiger partial charge in [0.05, 0.1) is 10.9 Å². The highest BCUT2D eigenvalue weighted by Gasteiger charge is 2.28. The number of nitrogens with one attached hydrogen (secondary N) is 1. The van der Waals surface area contributed by atoms with Gasteiger partial charge in [0, 0.05) is 31.7 Å². The molecule has 1 aliphatic heterocycles. The van der Waals surface area contributed by atoms with Crippen LogP contribution in [0.5, 0.6) is 0 Å². The molecular weight excluding hydrogens is 362 g/mol. The van der Waals surface area contributed by atoms with E-state index < -0.39 is 10.0 Å². The summed E-state index contributed by atoms with van der Waals surface area (Å²) in [4.78, 5) is 14.9. The van der Waals surface area contributed by atoms with Crippen molar-refractivity contribution in [1.82, 2.24) is 14.5 Å². The Kier molecular flexibility index (Phi) is 5.94. The standard InChI is InChI=1S/C20H25N3O3S/c1-16(17-7-4-3-5-8-17)21-20(24)18-9-6-10-19(15-18)27(25,26)23-13-11-22(2)12-14-23/h3-10,15-16H,11-14H2,1-2H3,(H,21,24)/t16-/m0/s1. The van der Waals surface area contributed by atoms with E-state index in [1.54, 1.807) is 18.2 Å². The summed E-state index contributed by atoms with van der Waals surface area (Å²) in [6.07, 6.45) is 0. The highest BCUT2D eigenvalue weighted by atomic mass is 32.2. The molecule has 1 saturated heterocycles. The van der Waals surface area contributed by atoms with Gasteiger partial charge in [0.25, 0.3) is 5.91 Å². The van der Waals surface area contributed by atoms with E-state index in [1.165, 1.54) is 10.4 Å². The molecule has 0 aliphatic carbocycles. The Labute approximate surface area is 160 Å². The average Bonchev–Trinajstić information content (AvgIpc) is 2.69. The lowest BCUT2D eigenvalue weighted by Gasteiger charge is -2.31. The zero-order valence-electron chi connectivity index (χ0n) is 15.6. The van der Waals surface area contributed by atoms with E-state index in [0.717, 1.165) is 5.56 Å². The molecule has 1 fully saturated rings. The molecule has 1 atom stereocenters. The number of likely N-dealkylation sites (N-methyl/N-ethyl adjacent to an activating group) is 1. The summed E-state index contributed by atoms with van der Waals surface area (Å²) in [7, 11) is -1.62. The van der Waals surface area contributed by atoms with Crippen LogP contribution >= 0.6 is 0 Å². The quantitative estimate of drug-likeness (QED) is 0.853. The summed E-state index contributed by atoms with van der Waals surface area (Å²) in [5.74, 6) is -0.290. The topological polar surface area (TPSA) is 69.7 Å². The number of hydrogen-bond donors (Lipinski definition) is 1. The molecule has 1 aliphatic rings. The van der Waals surface area contributed by atoms with Gasteiger partial charge in [0.15, 0.2) is 0 Å². The zero-order valence-corrected chi connectivity index (χ0v) is 16.4. The normalized spacial score (nSPS) is 17.4. The number of rotatable bonds is 5. The van der Waals surface area contributed by atoms with Gasteiger partial charge in [-0.3, -0.25) is 4.79 Å². The summed E-state index contributed by atoms with van der Waals surface area (Å²) in [6, 6.07) is 15.7. The second-order valence-corrected chi connectivity index (χ2v) is 8.78. The highest BCUT2D eigenvalue weighted by Crippen LogP contribution is 2.19. The van der Waals surface area contributed by atoms with Gasteiger partial charge in [-0.05, 0) is 37.7 Å². The molecule has 144 valence electrons. The Bertz CT molecular complexity index is 892. The van der Waals surface area contributed by atoms with Crippen molar-refractivity contribution in [2.24, 2.45) is 0 Å². The van der Waals surface area contributed by atoms with Crippen molar-refractivity contribution in [3.05, 3.63) is 65.7 Å². The minimum Gasteiger partial charge on any atom is -0.346 e. The van der Waals surface area contributed by atoms with E-state index in [0.29, 0.717) is 31.7 Å². The molecule has 1 amide bonds. The van der Waals surface area contributed by atoms with Crippen LogP contribution in [0.1, 0.15) is 28.9 Å². The number of benzene rings is 2. The molecule has 2 aromatic carbocycles. The molecule has 0 spiro atoms. The second kappa shape index (κ2) is 8.21. The first-order valence-electron chi connectivity index (χ1n) is 9.02. The first-order valence-corrected chi connectivity index (χ1v) is 10.5. The monoisotopic (exact) mass is 387 g/mol. The van der Waals surface area contributed by atoms with Crippen LogP contribution in [0.25, 0.3) is 0 Å². The van der Waals surface area contributed by atoms with E-state index in [1.807, 2.05) is 44.3 Å². The number of amides is 1. The van der Waals surface area contributed by atoms with Crippen molar-refractivity contribution >= 4 is 15.9 Å². The van der Waals surface area contributed by atoms with Gasteiger partial charge in [-0.2, -0.15) is 4.31 Å². The van der Waals surface area contributed by atoms with Crippen LogP contribution in [0.4, 0.5) is 0 Å². The van der Waals surface area contributed by atoms with Crippen molar-refractivity contribution in [2.75, 3.05) is 33.2 Å². The number of nitrogens with zero attached hydrogens (tertiary/aromatic N) is 2. The fourth-order valence-electron chi connectivity index (χ4n) is 3.08. The fourth-order valence-corrected chi connectivity index (χ4v) is 4.55. The molecule has 3 rings (SSSR count). The van der Waals surface area contributed by atoms with Crippen molar-refractivity contribution in [3.63, 3.8) is 0 Å². The molecule has 0 radical (unpaired) electrons. The van der Waals surface area contributed by atoms with E-state index in [4.69, 9.17) is 0 Å². The minimum atomic E-state index is -3.60. The summed E-state index contributed by atoms with van der Waals surface area (Å²) >= 11 is 0. The zero-order chi connectivity index (χ0) is 19.4. The number of hydrogen-bond acceptors (Lipinski definition) is 4. The number of carbonyl (C=O) groups is 1. The Morgan fingerprint density at radius 2 is 1.67 bits per heavy atom. The molecule has 0 saturated carbocycles. The molecule has 0 bridgehead atoms. The van der Waals surface area contributed by atoms with Crippen LogP contribution in [0.3, 0.4) is 0 Å². The smallest absolute Gasteiger partial charge is 0.251 e. The van der Waals surface area contributed by atoms with Crippen molar-refractivity contribution < 1.29 is 13.2 Å². The lowest BCUT2D eigenvalue weighted by molar-refractivity contribution is 0.0939. The van der Waals surface area contributed by atoms with Crippen molar-refractivity contribution in [2.45, 2.75) is 17.9 Å². The van der Waals surface area contributed by atoms with Crippen molar-refractivity contribution in [1.29, 1.82) is 0 Å². The van der Waals surface area contributed by atoms with Crippen LogP contribution < -0.4 is 5.32 Å². The molecular formula is C20H25N3O3S. The van der Waals surface area contributed by atoms with Crippen LogP contribution in [-0.2, 0) is 10.0 Å². The maximum absolute atomic E-state index is 12.9. The molecule has 6 nitrogen and oxygen atoms in total. The largest absolute Gasteiger partial charge is 0.346 e. The maximum atomic E-state index is 12.9. The third-order valence-electron chi connectivity index (χ3n) is 4.84. The van der Waals surface area contributed by atoms with E-state index in [-0.39, 0.29) is 16.8 Å². The summed E-state index contributed by atoms with van der Waals surface area (Å²) in [6.45, 7) is 4.22. The third-order valence-corrected chi connectivity index (χ3v) is 6.74. The molecule has 1 heterocycles. The molecule has 27 heavy (non-hydrogen) atoms. The lowest BCUT2D eigenvalue weighted by Crippen LogP contribution is -2.47. The summed E-state index contributed by atoms with van der Waals surface area (Å²) in [5.41, 5.74) is 1.33. The Balaban J connectivity index is 1.76. The van der Waals surface area contributed by atoms with E-state index >= 15 is 0 Å². The van der Waals surface area contributed by atoms with Gasteiger partial charge in [-0.25, -0.2) is 8.42 Å². The molecule has 0 unspecified atom stereocenters. The SMILES string of the molecule is C[C@H](NC(=O)c1cccc(S(=O)(=O)N2CCN(C)CC2)c1)c1ccccc1. The molecule has 7 heteroatoms. The summed E-state index contributed by atoms with van der Waals surface area (Å²) < 4.78 is 27.3. The van der Waals surface area contributed by atoms with Gasteiger partial charge in [-0.1, -0.05) is 36.4 Å². The Morgan fingerprint density at radius 3 is 2.33 bits per heavy atom. The highest BCUT2D eigenvalue weighted by molar-refractivity contribution is 7.89. The number of piperazine rings is 1. The lowest BCUT2D eigenvalue weighted by atomic mass is 10.1. The minimum absolute atomic E-state index is 0.159. The molecule has 2 aromatic rings. The predicted molar refractivity (Wildman–Crippen MR) is 105 cm³/mol. The first kappa shape index (κ1) is 19.5. The third kappa shape index (κ3) is 4.55. The van der Waals surface area contributed by atoms with Crippen LogP contribution in [-0.4, -0.2) is 56.8 Å². The fraction of sp³-hybridized carbons (Fsp3) is 0.350. The number of sulfonamides is 1. The predicted octanol–water partition coefficient (Wildman–Crippen LogP) is 2.11. The first-order chi connectivity index (χ1) is 12.9. The molecule has 1 N–H and O–H groups in total. The average molecular weight is 388 g/mol. The van der Waals surface area contributed by atoms with Gasteiger partial charge in [-0.15, -0.1) is 0 Å². The van der Waals surface area contributed by atoms with E-state index in [9.17, 15) is 13.2 Å². The maximum Gasteiger partial charge on any atom is 0.251 e. The molecule has 0 aromatic heterocycles. The second-order valence-electron chi connectivity index (χ2n) is 6.84. The Morgan fingerprint density at radius 1 is 1.00 bits per heavy atom.